The molecular weight excluding hydrogens is 356 g/mol. The summed E-state index contributed by atoms with van der Waals surface area (Å²) in [6.45, 7) is 6.26. The Morgan fingerprint density at radius 1 is 1.32 bits per heavy atom. The summed E-state index contributed by atoms with van der Waals surface area (Å²) in [5, 5.41) is 25.1. The van der Waals surface area contributed by atoms with Crippen molar-refractivity contribution < 1.29 is 14.8 Å². The van der Waals surface area contributed by atoms with E-state index in [0.29, 0.717) is 12.2 Å². The van der Waals surface area contributed by atoms with Gasteiger partial charge in [0.2, 0.25) is 0 Å². The van der Waals surface area contributed by atoms with Crippen LogP contribution in [0.3, 0.4) is 0 Å². The molecule has 1 aliphatic heterocycles. The van der Waals surface area contributed by atoms with Crippen molar-refractivity contribution >= 4 is 11.4 Å². The van der Waals surface area contributed by atoms with Gasteiger partial charge in [0, 0.05) is 29.3 Å². The Balaban J connectivity index is 1.71. The van der Waals surface area contributed by atoms with Crippen LogP contribution in [0, 0.1) is 16.0 Å². The molecule has 0 bridgehead atoms. The van der Waals surface area contributed by atoms with Gasteiger partial charge in [-0.3, -0.25) is 10.1 Å². The summed E-state index contributed by atoms with van der Waals surface area (Å²) in [4.78, 5) is 10.8. The van der Waals surface area contributed by atoms with Crippen LogP contribution in [0.5, 0.6) is 11.5 Å². The first-order valence-electron chi connectivity index (χ1n) is 9.25. The zero-order valence-electron chi connectivity index (χ0n) is 15.6. The van der Waals surface area contributed by atoms with Crippen molar-refractivity contribution in [1.29, 1.82) is 0 Å². The zero-order valence-corrected chi connectivity index (χ0v) is 15.6. The van der Waals surface area contributed by atoms with Gasteiger partial charge in [-0.15, -0.1) is 0 Å². The molecule has 0 amide bonds. The first kappa shape index (κ1) is 18.1. The van der Waals surface area contributed by atoms with Gasteiger partial charge in [0.15, 0.2) is 0 Å². The molecule has 0 radical (unpaired) electrons. The lowest BCUT2D eigenvalue weighted by atomic mass is 9.76. The van der Waals surface area contributed by atoms with Crippen LogP contribution in [0.1, 0.15) is 36.4 Å². The number of phenolic OH excluding ortho intramolecular Hbond substituents is 1. The summed E-state index contributed by atoms with van der Waals surface area (Å²) in [6.07, 6.45) is 5.14. The Morgan fingerprint density at radius 2 is 2.14 bits per heavy atom. The number of non-ortho nitro benzene ring substituents is 1. The molecule has 144 valence electrons. The Labute approximate surface area is 163 Å². The van der Waals surface area contributed by atoms with Crippen LogP contribution < -0.4 is 10.1 Å². The van der Waals surface area contributed by atoms with Gasteiger partial charge in [-0.05, 0) is 54.7 Å². The number of phenols is 1. The van der Waals surface area contributed by atoms with Crippen LogP contribution in [0.25, 0.3) is 0 Å². The molecule has 4 rings (SSSR count). The molecule has 0 saturated heterocycles. The highest BCUT2D eigenvalue weighted by Gasteiger charge is 2.39. The van der Waals surface area contributed by atoms with E-state index in [9.17, 15) is 15.2 Å². The highest BCUT2D eigenvalue weighted by Crippen LogP contribution is 2.52. The number of aromatic hydroxyl groups is 1. The molecule has 3 atom stereocenters. The van der Waals surface area contributed by atoms with Crippen molar-refractivity contribution in [2.75, 3.05) is 11.9 Å². The molecule has 0 spiro atoms. The number of nitrogens with zero attached hydrogens (tertiary/aromatic N) is 1. The van der Waals surface area contributed by atoms with Crippen molar-refractivity contribution in [3.05, 3.63) is 81.9 Å². The number of rotatable bonds is 5. The fourth-order valence-electron chi connectivity index (χ4n) is 4.08. The molecule has 2 aromatic rings. The number of benzene rings is 2. The summed E-state index contributed by atoms with van der Waals surface area (Å²) in [7, 11) is 0. The van der Waals surface area contributed by atoms with Crippen molar-refractivity contribution in [2.45, 2.75) is 25.3 Å². The Bertz CT molecular complexity index is 982. The molecule has 0 saturated carbocycles. The standard InChI is InChI=1S/C22H22N2O4/c1-13(2)12-28-15-7-8-20-18(11-15)16-4-3-5-17(16)22(23-20)19-10-14(24(26)27)6-9-21(19)25/h3-4,6-11,16-17,22-23,25H,1,5,12H2,2H3. The van der Waals surface area contributed by atoms with Crippen molar-refractivity contribution in [1.82, 2.24) is 0 Å². The first-order chi connectivity index (χ1) is 13.4. The molecule has 6 heteroatoms. The molecule has 2 aliphatic rings. The van der Waals surface area contributed by atoms with Crippen molar-refractivity contribution in [3.63, 3.8) is 0 Å². The predicted octanol–water partition coefficient (Wildman–Crippen LogP) is 5.08. The lowest BCUT2D eigenvalue weighted by Gasteiger charge is -2.37. The predicted molar refractivity (Wildman–Crippen MR) is 108 cm³/mol. The topological polar surface area (TPSA) is 84.6 Å². The van der Waals surface area contributed by atoms with Gasteiger partial charge in [-0.25, -0.2) is 0 Å². The maximum Gasteiger partial charge on any atom is 0.270 e. The van der Waals surface area contributed by atoms with E-state index in [0.717, 1.165) is 29.0 Å². The number of anilines is 1. The highest BCUT2D eigenvalue weighted by molar-refractivity contribution is 5.63. The third-order valence-corrected chi connectivity index (χ3v) is 5.38. The molecule has 1 aliphatic carbocycles. The zero-order chi connectivity index (χ0) is 19.8. The number of nitro benzene ring substituents is 1. The number of nitrogens with one attached hydrogen (secondary N) is 1. The van der Waals surface area contributed by atoms with E-state index < -0.39 is 4.92 Å². The third-order valence-electron chi connectivity index (χ3n) is 5.38. The second kappa shape index (κ2) is 7.03. The number of ether oxygens (including phenoxy) is 1. The van der Waals surface area contributed by atoms with E-state index in [1.54, 1.807) is 0 Å². The van der Waals surface area contributed by atoms with Crippen LogP contribution in [-0.2, 0) is 0 Å². The quantitative estimate of drug-likeness (QED) is 0.430. The maximum atomic E-state index is 11.2. The summed E-state index contributed by atoms with van der Waals surface area (Å²) in [5.74, 6) is 1.18. The molecule has 28 heavy (non-hydrogen) atoms. The molecule has 0 fully saturated rings. The molecule has 6 nitrogen and oxygen atoms in total. The van der Waals surface area contributed by atoms with Crippen LogP contribution in [0.15, 0.2) is 60.7 Å². The highest BCUT2D eigenvalue weighted by atomic mass is 16.6. The largest absolute Gasteiger partial charge is 0.508 e. The fraction of sp³-hybridized carbons (Fsp3) is 0.273. The minimum absolute atomic E-state index is 0.0218. The van der Waals surface area contributed by atoms with Gasteiger partial charge in [0.1, 0.15) is 18.1 Å². The van der Waals surface area contributed by atoms with E-state index in [1.165, 1.54) is 18.2 Å². The number of fused-ring (bicyclic) bond motifs is 3. The average Bonchev–Trinajstić information content (AvgIpc) is 3.16. The fourth-order valence-corrected chi connectivity index (χ4v) is 4.08. The minimum Gasteiger partial charge on any atom is -0.508 e. The van der Waals surface area contributed by atoms with Crippen molar-refractivity contribution in [3.8, 4) is 11.5 Å². The maximum absolute atomic E-state index is 11.2. The molecule has 2 aromatic carbocycles. The number of hydrogen-bond donors (Lipinski definition) is 2. The second-order valence-corrected chi connectivity index (χ2v) is 7.47. The first-order valence-corrected chi connectivity index (χ1v) is 9.25. The Kier molecular flexibility index (Phi) is 4.55. The van der Waals surface area contributed by atoms with Crippen LogP contribution in [-0.4, -0.2) is 16.6 Å². The van der Waals surface area contributed by atoms with Crippen LogP contribution in [0.2, 0.25) is 0 Å². The lowest BCUT2D eigenvalue weighted by Crippen LogP contribution is -2.29. The SMILES string of the molecule is C=C(C)COc1ccc2c(c1)C1C=CCC1C(c1cc([N+](=O)[O-])ccc1O)N2. The summed E-state index contributed by atoms with van der Waals surface area (Å²) >= 11 is 0. The van der Waals surface area contributed by atoms with Crippen LogP contribution >= 0.6 is 0 Å². The van der Waals surface area contributed by atoms with Gasteiger partial charge in [-0.1, -0.05) is 18.7 Å². The van der Waals surface area contributed by atoms with Gasteiger partial charge in [0.25, 0.3) is 5.69 Å². The lowest BCUT2D eigenvalue weighted by molar-refractivity contribution is -0.385. The van der Waals surface area contributed by atoms with Gasteiger partial charge >= 0.3 is 0 Å². The smallest absolute Gasteiger partial charge is 0.270 e. The normalized spacial score (nSPS) is 22.1. The summed E-state index contributed by atoms with van der Waals surface area (Å²) in [5.41, 5.74) is 3.58. The van der Waals surface area contributed by atoms with E-state index in [-0.39, 0.29) is 29.3 Å². The minimum atomic E-state index is -0.435. The van der Waals surface area contributed by atoms with E-state index >= 15 is 0 Å². The van der Waals surface area contributed by atoms with Crippen LogP contribution in [0.4, 0.5) is 11.4 Å². The summed E-state index contributed by atoms with van der Waals surface area (Å²) < 4.78 is 5.79. The summed E-state index contributed by atoms with van der Waals surface area (Å²) in [6, 6.07) is 9.89. The second-order valence-electron chi connectivity index (χ2n) is 7.47. The van der Waals surface area contributed by atoms with Gasteiger partial charge in [0.05, 0.1) is 11.0 Å². The van der Waals surface area contributed by atoms with Gasteiger partial charge < -0.3 is 15.2 Å². The molecule has 1 heterocycles. The number of allylic oxidation sites excluding steroid dienone is 2. The van der Waals surface area contributed by atoms with E-state index in [1.807, 2.05) is 25.1 Å². The number of nitro groups is 1. The molecule has 3 unspecified atom stereocenters. The Morgan fingerprint density at radius 3 is 2.89 bits per heavy atom. The molecule has 2 N–H and O–H groups in total. The number of hydrogen-bond acceptors (Lipinski definition) is 5. The molecule has 0 aromatic heterocycles. The van der Waals surface area contributed by atoms with E-state index in [4.69, 9.17) is 4.74 Å². The molecular formula is C22H22N2O4. The average molecular weight is 378 g/mol. The van der Waals surface area contributed by atoms with Gasteiger partial charge in [-0.2, -0.15) is 0 Å². The Hall–Kier alpha value is -3.28. The monoisotopic (exact) mass is 378 g/mol. The van der Waals surface area contributed by atoms with E-state index in [2.05, 4.69) is 24.0 Å². The van der Waals surface area contributed by atoms with Crippen molar-refractivity contribution in [2.24, 2.45) is 5.92 Å². The third kappa shape index (κ3) is 3.22.